The summed E-state index contributed by atoms with van der Waals surface area (Å²) in [5.74, 6) is 0. The van der Waals surface area contributed by atoms with Crippen LogP contribution in [0.25, 0.3) is 66.1 Å². The molecule has 0 bridgehead atoms. The summed E-state index contributed by atoms with van der Waals surface area (Å²) >= 11 is 0. The summed E-state index contributed by atoms with van der Waals surface area (Å²) in [6, 6.07) is 50.2. The van der Waals surface area contributed by atoms with Crippen LogP contribution < -0.4 is 16.2 Å². The van der Waals surface area contributed by atoms with Gasteiger partial charge in [-0.05, 0) is 119 Å². The maximum Gasteiger partial charge on any atom is 0.198 e. The lowest BCUT2D eigenvalue weighted by Gasteiger charge is -2.42. The predicted octanol–water partition coefficient (Wildman–Crippen LogP) is 12.0. The Morgan fingerprint density at radius 3 is 1.93 bits per heavy atom. The van der Waals surface area contributed by atoms with E-state index in [4.69, 9.17) is 0 Å². The Balaban J connectivity index is 1.22. The third kappa shape index (κ3) is 4.78. The summed E-state index contributed by atoms with van der Waals surface area (Å²) in [7, 11) is 0.874. The topological polar surface area (TPSA) is 21.9 Å². The molecular formula is C52H46BN3. The van der Waals surface area contributed by atoms with Crippen LogP contribution in [0.1, 0.15) is 62.8 Å². The van der Waals surface area contributed by atoms with Crippen LogP contribution in [0.2, 0.25) is 0 Å². The van der Waals surface area contributed by atoms with E-state index in [0.29, 0.717) is 0 Å². The number of anilines is 2. The van der Waals surface area contributed by atoms with Gasteiger partial charge >= 0.3 is 0 Å². The first-order valence-corrected chi connectivity index (χ1v) is 20.3. The van der Waals surface area contributed by atoms with Crippen LogP contribution in [0.15, 0.2) is 133 Å². The quantitative estimate of drug-likeness (QED) is 0.179. The molecule has 0 saturated heterocycles. The first-order valence-electron chi connectivity index (χ1n) is 20.3. The monoisotopic (exact) mass is 723 g/mol. The summed E-state index contributed by atoms with van der Waals surface area (Å²) in [5, 5.41) is 9.28. The third-order valence-corrected chi connectivity index (χ3v) is 13.3. The molecule has 0 atom stereocenters. The fourth-order valence-corrected chi connectivity index (χ4v) is 10.3. The summed E-state index contributed by atoms with van der Waals surface area (Å²) in [6.07, 6.45) is 2.39. The number of fused-ring (bicyclic) bond motifs is 9. The molecule has 3 nitrogen and oxygen atoms in total. The lowest BCUT2D eigenvalue weighted by molar-refractivity contribution is 0.332. The fourth-order valence-electron chi connectivity index (χ4n) is 10.3. The van der Waals surface area contributed by atoms with Gasteiger partial charge in [-0.15, -0.1) is 0 Å². The van der Waals surface area contributed by atoms with Crippen LogP contribution in [0.3, 0.4) is 0 Å². The molecular weight excluding hydrogens is 677 g/mol. The minimum Gasteiger partial charge on any atom is -0.355 e. The van der Waals surface area contributed by atoms with Gasteiger partial charge in [-0.25, -0.2) is 0 Å². The van der Waals surface area contributed by atoms with E-state index in [0.717, 1.165) is 13.0 Å². The van der Waals surface area contributed by atoms with Gasteiger partial charge in [0, 0.05) is 55.4 Å². The fraction of sp³-hybridized carbons (Fsp3) is 0.192. The number of hydrogen-bond acceptors (Lipinski definition) is 1. The normalized spacial score (nSPS) is 15.2. The minimum atomic E-state index is 0.110. The Kier molecular flexibility index (Phi) is 7.00. The molecule has 272 valence electrons. The molecule has 11 rings (SSSR count). The van der Waals surface area contributed by atoms with Crippen molar-refractivity contribution in [2.45, 2.75) is 65.2 Å². The second-order valence-electron chi connectivity index (χ2n) is 17.9. The van der Waals surface area contributed by atoms with E-state index in [9.17, 15) is 0 Å². The molecule has 3 heterocycles. The van der Waals surface area contributed by atoms with Gasteiger partial charge < -0.3 is 14.5 Å². The van der Waals surface area contributed by atoms with E-state index >= 15 is 0 Å². The number of hydrogen-bond donors (Lipinski definition) is 1. The van der Waals surface area contributed by atoms with Crippen LogP contribution in [0.5, 0.6) is 0 Å². The highest BCUT2D eigenvalue weighted by molar-refractivity contribution is 6.73. The molecule has 0 saturated carbocycles. The first-order chi connectivity index (χ1) is 27.1. The second-order valence-corrected chi connectivity index (χ2v) is 17.9. The van der Waals surface area contributed by atoms with E-state index in [2.05, 4.69) is 189 Å². The molecule has 1 N–H and O–H groups in total. The highest BCUT2D eigenvalue weighted by Gasteiger charge is 2.37. The van der Waals surface area contributed by atoms with E-state index in [1.807, 2.05) is 0 Å². The van der Waals surface area contributed by atoms with Gasteiger partial charge in [-0.3, -0.25) is 0 Å². The zero-order chi connectivity index (χ0) is 38.1. The highest BCUT2D eigenvalue weighted by atomic mass is 15.0. The van der Waals surface area contributed by atoms with Crippen LogP contribution in [-0.4, -0.2) is 16.4 Å². The van der Waals surface area contributed by atoms with E-state index in [-0.39, 0.29) is 10.8 Å². The van der Waals surface area contributed by atoms with E-state index < -0.39 is 0 Å². The number of rotatable bonds is 4. The molecule has 0 radical (unpaired) electrons. The summed E-state index contributed by atoms with van der Waals surface area (Å²) in [5.41, 5.74) is 20.8. The number of aryl methyl sites for hydroxylation is 2. The van der Waals surface area contributed by atoms with Crippen molar-refractivity contribution >= 4 is 73.2 Å². The largest absolute Gasteiger partial charge is 0.355 e. The lowest BCUT2D eigenvalue weighted by Crippen LogP contribution is -2.37. The number of nitrogens with one attached hydrogen (secondary N) is 1. The van der Waals surface area contributed by atoms with Crippen LogP contribution >= 0.6 is 0 Å². The highest BCUT2D eigenvalue weighted by Crippen LogP contribution is 2.48. The standard InChI is InChI=1S/C52H46BN3/c1-31-25-39(49-48(26-31)56-46-22-13-10-17-34(46)36-19-14-20-42(53-49)50(36)56)37-29-47-38(35-18-11-12-21-45(35)55(47)33-15-8-7-9-16-33)28-44(37)54-43-30-41-40(27-32(43)2)51(3,4)23-24-52(41,5)6/h7-22,25-30,53-54H,23-24H2,1-6H3. The minimum absolute atomic E-state index is 0.110. The van der Waals surface area contributed by atoms with Crippen molar-refractivity contribution in [3.8, 4) is 22.5 Å². The average Bonchev–Trinajstić information content (AvgIpc) is 3.71. The van der Waals surface area contributed by atoms with Gasteiger partial charge in [0.25, 0.3) is 0 Å². The first kappa shape index (κ1) is 33.4. The molecule has 0 spiro atoms. The molecule has 7 aromatic carbocycles. The predicted molar refractivity (Wildman–Crippen MR) is 241 cm³/mol. The second kappa shape index (κ2) is 11.8. The summed E-state index contributed by atoms with van der Waals surface area (Å²) < 4.78 is 4.99. The zero-order valence-corrected chi connectivity index (χ0v) is 33.2. The zero-order valence-electron chi connectivity index (χ0n) is 33.2. The molecule has 2 aromatic heterocycles. The number of nitrogens with zero attached hydrogens (tertiary/aromatic N) is 2. The van der Waals surface area contributed by atoms with Crippen molar-refractivity contribution < 1.29 is 0 Å². The molecule has 1 aliphatic heterocycles. The van der Waals surface area contributed by atoms with Gasteiger partial charge in [0.15, 0.2) is 7.28 Å². The molecule has 0 fully saturated rings. The van der Waals surface area contributed by atoms with Crippen molar-refractivity contribution in [3.63, 3.8) is 0 Å². The molecule has 56 heavy (non-hydrogen) atoms. The van der Waals surface area contributed by atoms with Crippen molar-refractivity contribution in [1.29, 1.82) is 0 Å². The molecule has 0 amide bonds. The van der Waals surface area contributed by atoms with Gasteiger partial charge in [0.05, 0.1) is 16.6 Å². The van der Waals surface area contributed by atoms with Gasteiger partial charge in [-0.1, -0.05) is 118 Å². The Labute approximate surface area is 329 Å². The molecule has 9 aromatic rings. The summed E-state index contributed by atoms with van der Waals surface area (Å²) in [4.78, 5) is 0. The molecule has 0 unspecified atom stereocenters. The lowest BCUT2D eigenvalue weighted by atomic mass is 9.59. The SMILES string of the molecule is Cc1cc(-c2cc3c(cc2Nc2cc4c(cc2C)C(C)(C)CCC4(C)C)c2ccccc2n3-c2ccccc2)c2c(c1)-n1c3ccccc3c3cccc(c31)B2. The van der Waals surface area contributed by atoms with Crippen LogP contribution in [-0.2, 0) is 10.8 Å². The van der Waals surface area contributed by atoms with Crippen molar-refractivity contribution in [2.24, 2.45) is 0 Å². The molecule has 4 heteroatoms. The van der Waals surface area contributed by atoms with Crippen molar-refractivity contribution in [3.05, 3.63) is 156 Å². The number of benzene rings is 7. The molecule has 2 aliphatic rings. The van der Waals surface area contributed by atoms with Crippen molar-refractivity contribution in [2.75, 3.05) is 5.32 Å². The van der Waals surface area contributed by atoms with Gasteiger partial charge in [0.2, 0.25) is 0 Å². The Morgan fingerprint density at radius 2 is 1.18 bits per heavy atom. The van der Waals surface area contributed by atoms with Gasteiger partial charge in [0.1, 0.15) is 0 Å². The maximum absolute atomic E-state index is 4.13. The maximum atomic E-state index is 4.13. The van der Waals surface area contributed by atoms with E-state index in [1.54, 1.807) is 0 Å². The molecule has 1 aliphatic carbocycles. The smallest absolute Gasteiger partial charge is 0.198 e. The van der Waals surface area contributed by atoms with E-state index in [1.165, 1.54) is 118 Å². The third-order valence-electron chi connectivity index (χ3n) is 13.3. The Morgan fingerprint density at radius 1 is 0.536 bits per heavy atom. The van der Waals surface area contributed by atoms with Crippen LogP contribution in [0, 0.1) is 13.8 Å². The Hall–Kier alpha value is -6.00. The average molecular weight is 724 g/mol. The number of aromatic nitrogens is 2. The van der Waals surface area contributed by atoms with Crippen molar-refractivity contribution in [1.82, 2.24) is 9.13 Å². The number of para-hydroxylation sites is 4. The van der Waals surface area contributed by atoms with Gasteiger partial charge in [-0.2, -0.15) is 0 Å². The summed E-state index contributed by atoms with van der Waals surface area (Å²) in [6.45, 7) is 14.2. The Bertz CT molecular complexity index is 3100. The van der Waals surface area contributed by atoms with Crippen LogP contribution in [0.4, 0.5) is 11.4 Å².